The van der Waals surface area contributed by atoms with E-state index in [9.17, 15) is 0 Å². The minimum Gasteiger partial charge on any atom is -0.423 e. The standard InChI is InChI=1S/C12H12N2.C6H7BO2.C6H7ClN2/c1-9-7-8-11(13)12(14-9)10-5-3-2-4-6-10;8-7(9)6-4-2-1-3-5-6;1-4-2-3-5(8)6(7)9-4/h2-8H,13H2,1H3;1-5,8-9H;2-3H,8H2,1H3. The first-order chi connectivity index (χ1) is 15.3. The monoisotopic (exact) mass is 448 g/mol. The Labute approximate surface area is 193 Å². The van der Waals surface area contributed by atoms with E-state index in [4.69, 9.17) is 33.1 Å². The van der Waals surface area contributed by atoms with Crippen molar-refractivity contribution in [2.45, 2.75) is 13.8 Å². The quantitative estimate of drug-likeness (QED) is 0.275. The molecule has 32 heavy (non-hydrogen) atoms. The smallest absolute Gasteiger partial charge is 0.423 e. The van der Waals surface area contributed by atoms with Gasteiger partial charge < -0.3 is 21.5 Å². The second kappa shape index (κ2) is 12.5. The summed E-state index contributed by atoms with van der Waals surface area (Å²) in [6.45, 7) is 3.83. The van der Waals surface area contributed by atoms with E-state index in [1.165, 1.54) is 0 Å². The fourth-order valence-corrected chi connectivity index (χ4v) is 2.75. The molecule has 8 heteroatoms. The first-order valence-electron chi connectivity index (χ1n) is 9.86. The van der Waals surface area contributed by atoms with Crippen molar-refractivity contribution in [2.75, 3.05) is 11.5 Å². The van der Waals surface area contributed by atoms with Gasteiger partial charge in [-0.1, -0.05) is 72.3 Å². The SMILES string of the molecule is Cc1ccc(N)c(-c2ccccc2)n1.Cc1ccc(N)c(Cl)n1.OB(O)c1ccccc1. The summed E-state index contributed by atoms with van der Waals surface area (Å²) in [4.78, 5) is 8.33. The molecule has 4 aromatic rings. The van der Waals surface area contributed by atoms with E-state index in [1.807, 2.05) is 68.4 Å². The summed E-state index contributed by atoms with van der Waals surface area (Å²) in [5.41, 5.74) is 16.8. The van der Waals surface area contributed by atoms with Crippen molar-refractivity contribution < 1.29 is 10.0 Å². The Hall–Kier alpha value is -3.39. The highest BCUT2D eigenvalue weighted by Gasteiger charge is 2.07. The first-order valence-corrected chi connectivity index (χ1v) is 10.2. The molecule has 0 spiro atoms. The topological polar surface area (TPSA) is 118 Å². The third-order valence-electron chi connectivity index (χ3n) is 4.23. The predicted octanol–water partition coefficient (Wildman–Crippen LogP) is 3.63. The van der Waals surface area contributed by atoms with Gasteiger partial charge in [0.1, 0.15) is 0 Å². The molecule has 2 aromatic carbocycles. The van der Waals surface area contributed by atoms with Gasteiger partial charge >= 0.3 is 7.12 Å². The first kappa shape index (κ1) is 24.9. The van der Waals surface area contributed by atoms with E-state index in [0.717, 1.165) is 28.3 Å². The molecule has 4 rings (SSSR count). The van der Waals surface area contributed by atoms with E-state index in [1.54, 1.807) is 30.3 Å². The number of rotatable bonds is 2. The molecular weight excluding hydrogens is 423 g/mol. The molecule has 0 saturated carbocycles. The normalized spacial score (nSPS) is 9.66. The molecule has 0 radical (unpaired) electrons. The lowest BCUT2D eigenvalue weighted by Gasteiger charge is -2.05. The minimum absolute atomic E-state index is 0.384. The largest absolute Gasteiger partial charge is 0.488 e. The molecule has 0 aliphatic carbocycles. The second-order valence-electron chi connectivity index (χ2n) is 6.87. The molecule has 164 valence electrons. The van der Waals surface area contributed by atoms with Crippen molar-refractivity contribution in [2.24, 2.45) is 0 Å². The fraction of sp³-hybridized carbons (Fsp3) is 0.0833. The van der Waals surface area contributed by atoms with E-state index in [2.05, 4.69) is 9.97 Å². The third-order valence-corrected chi connectivity index (χ3v) is 4.53. The summed E-state index contributed by atoms with van der Waals surface area (Å²) in [6.07, 6.45) is 0. The van der Waals surface area contributed by atoms with Gasteiger partial charge in [0.15, 0.2) is 5.15 Å². The molecule has 2 aromatic heterocycles. The van der Waals surface area contributed by atoms with Crippen LogP contribution in [0.3, 0.4) is 0 Å². The van der Waals surface area contributed by atoms with Crippen molar-refractivity contribution in [3.8, 4) is 11.3 Å². The highest BCUT2D eigenvalue weighted by molar-refractivity contribution is 6.58. The Bertz CT molecular complexity index is 1110. The molecule has 2 heterocycles. The lowest BCUT2D eigenvalue weighted by Crippen LogP contribution is -2.29. The number of hydrogen-bond donors (Lipinski definition) is 4. The van der Waals surface area contributed by atoms with Gasteiger partial charge in [0.05, 0.1) is 17.1 Å². The van der Waals surface area contributed by atoms with E-state index in [0.29, 0.717) is 16.3 Å². The van der Waals surface area contributed by atoms with Crippen LogP contribution in [0.4, 0.5) is 11.4 Å². The van der Waals surface area contributed by atoms with Gasteiger partial charge in [-0.05, 0) is 43.6 Å². The van der Waals surface area contributed by atoms with Crippen LogP contribution in [0.5, 0.6) is 0 Å². The van der Waals surface area contributed by atoms with Crippen LogP contribution in [0.15, 0.2) is 84.9 Å². The van der Waals surface area contributed by atoms with Crippen molar-refractivity contribution in [3.63, 3.8) is 0 Å². The Balaban J connectivity index is 0.000000178. The van der Waals surface area contributed by atoms with Crippen LogP contribution in [0.2, 0.25) is 5.15 Å². The maximum Gasteiger partial charge on any atom is 0.488 e. The number of nitrogens with zero attached hydrogens (tertiary/aromatic N) is 2. The molecule has 0 unspecified atom stereocenters. The van der Waals surface area contributed by atoms with Gasteiger partial charge in [-0.15, -0.1) is 0 Å². The number of aromatic nitrogens is 2. The van der Waals surface area contributed by atoms with Gasteiger partial charge in [-0.25, -0.2) is 4.98 Å². The summed E-state index contributed by atoms with van der Waals surface area (Å²) < 4.78 is 0. The van der Waals surface area contributed by atoms with E-state index >= 15 is 0 Å². The summed E-state index contributed by atoms with van der Waals surface area (Å²) in [7, 11) is -1.34. The van der Waals surface area contributed by atoms with Gasteiger partial charge in [-0.2, -0.15) is 0 Å². The molecule has 0 bridgehead atoms. The van der Waals surface area contributed by atoms with Gasteiger partial charge in [0.25, 0.3) is 0 Å². The number of nitrogens with two attached hydrogens (primary N) is 2. The van der Waals surface area contributed by atoms with E-state index < -0.39 is 7.12 Å². The number of anilines is 2. The zero-order chi connectivity index (χ0) is 23.5. The van der Waals surface area contributed by atoms with Gasteiger partial charge in [-0.3, -0.25) is 4.98 Å². The van der Waals surface area contributed by atoms with Crippen LogP contribution in [0.25, 0.3) is 11.3 Å². The molecule has 0 fully saturated rings. The van der Waals surface area contributed by atoms with Crippen molar-refractivity contribution in [3.05, 3.63) is 101 Å². The van der Waals surface area contributed by atoms with Crippen LogP contribution in [0, 0.1) is 13.8 Å². The predicted molar refractivity (Wildman–Crippen MR) is 133 cm³/mol. The molecule has 0 atom stereocenters. The summed E-state index contributed by atoms with van der Waals surface area (Å²) in [5.74, 6) is 0. The number of pyridine rings is 2. The van der Waals surface area contributed by atoms with Crippen LogP contribution in [-0.2, 0) is 0 Å². The highest BCUT2D eigenvalue weighted by atomic mass is 35.5. The Morgan fingerprint density at radius 1 is 0.688 bits per heavy atom. The molecule has 0 aliphatic heterocycles. The lowest BCUT2D eigenvalue weighted by molar-refractivity contribution is 0.426. The zero-order valence-corrected chi connectivity index (χ0v) is 18.7. The molecule has 0 aliphatic rings. The third kappa shape index (κ3) is 8.04. The number of hydrogen-bond acceptors (Lipinski definition) is 6. The maximum atomic E-state index is 8.58. The van der Waals surface area contributed by atoms with E-state index in [-0.39, 0.29) is 0 Å². The Morgan fingerprint density at radius 3 is 1.66 bits per heavy atom. The van der Waals surface area contributed by atoms with Gasteiger partial charge in [0, 0.05) is 17.0 Å². The summed E-state index contributed by atoms with van der Waals surface area (Å²) >= 11 is 5.58. The molecule has 6 nitrogen and oxygen atoms in total. The molecule has 0 amide bonds. The number of benzene rings is 2. The second-order valence-corrected chi connectivity index (χ2v) is 7.23. The van der Waals surface area contributed by atoms with Crippen LogP contribution in [0.1, 0.15) is 11.4 Å². The highest BCUT2D eigenvalue weighted by Crippen LogP contribution is 2.23. The number of halogens is 1. The average Bonchev–Trinajstić information content (AvgIpc) is 2.80. The minimum atomic E-state index is -1.34. The zero-order valence-electron chi connectivity index (χ0n) is 18.0. The maximum absolute atomic E-state index is 8.58. The van der Waals surface area contributed by atoms with Gasteiger partial charge in [0.2, 0.25) is 0 Å². The Kier molecular flexibility index (Phi) is 9.69. The molecule has 6 N–H and O–H groups in total. The van der Waals surface area contributed by atoms with Crippen LogP contribution in [-0.4, -0.2) is 27.1 Å². The molecule has 0 saturated heterocycles. The van der Waals surface area contributed by atoms with Crippen LogP contribution >= 0.6 is 11.6 Å². The fourth-order valence-electron chi connectivity index (χ4n) is 2.56. The van der Waals surface area contributed by atoms with Crippen molar-refractivity contribution in [1.29, 1.82) is 0 Å². The van der Waals surface area contributed by atoms with Crippen molar-refractivity contribution in [1.82, 2.24) is 9.97 Å². The average molecular weight is 449 g/mol. The lowest BCUT2D eigenvalue weighted by atomic mass is 9.81. The van der Waals surface area contributed by atoms with Crippen LogP contribution < -0.4 is 16.9 Å². The number of nitrogen functional groups attached to an aromatic ring is 2. The summed E-state index contributed by atoms with van der Waals surface area (Å²) in [6, 6.07) is 26.0. The number of aryl methyl sites for hydroxylation is 2. The molecular formula is C24H26BClN4O2. The van der Waals surface area contributed by atoms with Crippen molar-refractivity contribution >= 4 is 35.6 Å². The Morgan fingerprint density at radius 2 is 1.19 bits per heavy atom. The summed E-state index contributed by atoms with van der Waals surface area (Å²) in [5, 5.41) is 17.5.